The normalized spacial score (nSPS) is 10.9. The van der Waals surface area contributed by atoms with Crippen LogP contribution in [0, 0.1) is 0 Å². The Morgan fingerprint density at radius 1 is 1.30 bits per heavy atom. The summed E-state index contributed by atoms with van der Waals surface area (Å²) in [6.07, 6.45) is 0. The van der Waals surface area contributed by atoms with Crippen molar-refractivity contribution in [2.75, 3.05) is 7.11 Å². The summed E-state index contributed by atoms with van der Waals surface area (Å²) in [6, 6.07) is 11.2. The number of rotatable bonds is 4. The Balaban J connectivity index is 2.28. The number of halogens is 1. The molecule has 0 saturated carbocycles. The van der Waals surface area contributed by atoms with E-state index in [1.165, 1.54) is 18.4 Å². The SMILES string of the molecule is COC(=O)Cn1c(Br)c(-c2ccccc2)c2sc(C(=O)O)cc21. The molecule has 3 aromatic rings. The predicted octanol–water partition coefficient (Wildman–Crippen LogP) is 4.00. The Labute approximate surface area is 144 Å². The van der Waals surface area contributed by atoms with Crippen LogP contribution >= 0.6 is 27.3 Å². The van der Waals surface area contributed by atoms with E-state index in [4.69, 9.17) is 4.74 Å². The quantitative estimate of drug-likeness (QED) is 0.680. The van der Waals surface area contributed by atoms with Gasteiger partial charge in [0.1, 0.15) is 11.4 Å². The molecule has 1 aromatic carbocycles. The Hall–Kier alpha value is -2.12. The maximum absolute atomic E-state index is 11.7. The van der Waals surface area contributed by atoms with Crippen molar-refractivity contribution < 1.29 is 19.4 Å². The summed E-state index contributed by atoms with van der Waals surface area (Å²) in [6.45, 7) is 0.0101. The number of thiophene rings is 1. The zero-order valence-corrected chi connectivity index (χ0v) is 14.5. The van der Waals surface area contributed by atoms with Gasteiger partial charge in [-0.3, -0.25) is 4.79 Å². The number of esters is 1. The zero-order chi connectivity index (χ0) is 16.6. The first-order valence-electron chi connectivity index (χ1n) is 6.70. The number of aromatic nitrogens is 1. The number of carbonyl (C=O) groups excluding carboxylic acids is 1. The molecule has 0 saturated heterocycles. The lowest BCUT2D eigenvalue weighted by Gasteiger charge is -2.06. The number of hydrogen-bond acceptors (Lipinski definition) is 4. The van der Waals surface area contributed by atoms with Crippen LogP contribution in [0.2, 0.25) is 0 Å². The number of hydrogen-bond donors (Lipinski definition) is 1. The van der Waals surface area contributed by atoms with E-state index in [0.29, 0.717) is 5.52 Å². The average Bonchev–Trinajstić information content (AvgIpc) is 3.07. The van der Waals surface area contributed by atoms with Crippen molar-refractivity contribution >= 4 is 49.4 Å². The van der Waals surface area contributed by atoms with Crippen LogP contribution in [0.1, 0.15) is 9.67 Å². The number of methoxy groups -OCH3 is 1. The largest absolute Gasteiger partial charge is 0.477 e. The van der Waals surface area contributed by atoms with E-state index >= 15 is 0 Å². The van der Waals surface area contributed by atoms with E-state index in [2.05, 4.69) is 15.9 Å². The molecule has 0 unspecified atom stereocenters. The molecule has 0 aliphatic rings. The molecule has 0 aliphatic carbocycles. The third-order valence-corrected chi connectivity index (χ3v) is 5.42. The van der Waals surface area contributed by atoms with Gasteiger partial charge in [-0.15, -0.1) is 11.3 Å². The van der Waals surface area contributed by atoms with E-state index < -0.39 is 11.9 Å². The van der Waals surface area contributed by atoms with Crippen molar-refractivity contribution in [1.29, 1.82) is 0 Å². The fourth-order valence-electron chi connectivity index (χ4n) is 2.40. The maximum Gasteiger partial charge on any atom is 0.345 e. The van der Waals surface area contributed by atoms with Crippen molar-refractivity contribution in [2.24, 2.45) is 0 Å². The lowest BCUT2D eigenvalue weighted by atomic mass is 10.1. The van der Waals surface area contributed by atoms with Crippen LogP contribution < -0.4 is 0 Å². The molecule has 2 heterocycles. The molecule has 0 atom stereocenters. The summed E-state index contributed by atoms with van der Waals surface area (Å²) in [4.78, 5) is 23.2. The standard InChI is InChI=1S/C16H12BrNO4S/c1-22-12(19)8-18-10-7-11(16(20)21)23-14(10)13(15(18)17)9-5-3-2-4-6-9/h2-7H,8H2,1H3,(H,20,21). The van der Waals surface area contributed by atoms with E-state index in [1.54, 1.807) is 10.6 Å². The zero-order valence-electron chi connectivity index (χ0n) is 12.1. The minimum absolute atomic E-state index is 0.0101. The van der Waals surface area contributed by atoms with Gasteiger partial charge >= 0.3 is 11.9 Å². The van der Waals surface area contributed by atoms with Gasteiger partial charge in [0, 0.05) is 5.56 Å². The minimum atomic E-state index is -0.981. The molecule has 0 aliphatic heterocycles. The van der Waals surface area contributed by atoms with Gasteiger partial charge in [0.2, 0.25) is 0 Å². The lowest BCUT2D eigenvalue weighted by molar-refractivity contribution is -0.141. The Morgan fingerprint density at radius 3 is 2.61 bits per heavy atom. The summed E-state index contributed by atoms with van der Waals surface area (Å²) < 4.78 is 8.01. The second-order valence-electron chi connectivity index (χ2n) is 4.82. The van der Waals surface area contributed by atoms with Crippen LogP contribution in [0.15, 0.2) is 41.0 Å². The fraction of sp³-hybridized carbons (Fsp3) is 0.125. The highest BCUT2D eigenvalue weighted by Gasteiger charge is 2.22. The van der Waals surface area contributed by atoms with Crippen LogP contribution in [-0.4, -0.2) is 28.7 Å². The summed E-state index contributed by atoms with van der Waals surface area (Å²) in [5, 5.41) is 9.25. The van der Waals surface area contributed by atoms with E-state index in [0.717, 1.165) is 20.4 Å². The van der Waals surface area contributed by atoms with Crippen molar-refractivity contribution in [1.82, 2.24) is 4.57 Å². The summed E-state index contributed by atoms with van der Waals surface area (Å²) in [5.41, 5.74) is 2.53. The summed E-state index contributed by atoms with van der Waals surface area (Å²) in [5.74, 6) is -1.38. The molecule has 7 heteroatoms. The van der Waals surface area contributed by atoms with Crippen LogP contribution in [-0.2, 0) is 16.1 Å². The van der Waals surface area contributed by atoms with Crippen molar-refractivity contribution in [3.8, 4) is 11.1 Å². The Kier molecular flexibility index (Phi) is 4.23. The fourth-order valence-corrected chi connectivity index (χ4v) is 4.35. The second-order valence-corrected chi connectivity index (χ2v) is 6.63. The molecule has 2 aromatic heterocycles. The number of ether oxygens (including phenoxy) is 1. The van der Waals surface area contributed by atoms with Crippen molar-refractivity contribution in [3.05, 3.63) is 45.9 Å². The molecule has 5 nitrogen and oxygen atoms in total. The Bertz CT molecular complexity index is 898. The molecule has 0 fully saturated rings. The topological polar surface area (TPSA) is 68.5 Å². The van der Waals surface area contributed by atoms with Gasteiger partial charge in [-0.25, -0.2) is 4.79 Å². The van der Waals surface area contributed by atoms with Crippen LogP contribution in [0.5, 0.6) is 0 Å². The third-order valence-electron chi connectivity index (χ3n) is 3.46. The highest BCUT2D eigenvalue weighted by atomic mass is 79.9. The third kappa shape index (κ3) is 2.77. The van der Waals surface area contributed by atoms with Gasteiger partial charge in [0.15, 0.2) is 0 Å². The molecular weight excluding hydrogens is 382 g/mol. The first kappa shape index (κ1) is 15.8. The van der Waals surface area contributed by atoms with Gasteiger partial charge < -0.3 is 14.4 Å². The van der Waals surface area contributed by atoms with Gasteiger partial charge in [-0.2, -0.15) is 0 Å². The lowest BCUT2D eigenvalue weighted by Crippen LogP contribution is -2.11. The van der Waals surface area contributed by atoms with Gasteiger partial charge in [0.25, 0.3) is 0 Å². The molecule has 0 bridgehead atoms. The maximum atomic E-state index is 11.7. The monoisotopic (exact) mass is 393 g/mol. The predicted molar refractivity (Wildman–Crippen MR) is 91.9 cm³/mol. The van der Waals surface area contributed by atoms with E-state index in [1.807, 2.05) is 30.3 Å². The van der Waals surface area contributed by atoms with E-state index in [-0.39, 0.29) is 11.4 Å². The summed E-state index contributed by atoms with van der Waals surface area (Å²) in [7, 11) is 1.32. The average molecular weight is 394 g/mol. The molecule has 23 heavy (non-hydrogen) atoms. The molecule has 118 valence electrons. The molecule has 0 amide bonds. The highest BCUT2D eigenvalue weighted by Crippen LogP contribution is 2.42. The molecule has 0 spiro atoms. The van der Waals surface area contributed by atoms with Crippen LogP contribution in [0.3, 0.4) is 0 Å². The van der Waals surface area contributed by atoms with Gasteiger partial charge in [-0.1, -0.05) is 30.3 Å². The number of carboxylic acid groups (broad SMARTS) is 1. The molecular formula is C16H12BrNO4S. The minimum Gasteiger partial charge on any atom is -0.477 e. The first-order valence-corrected chi connectivity index (χ1v) is 8.31. The van der Waals surface area contributed by atoms with Gasteiger partial charge in [0.05, 0.1) is 21.9 Å². The van der Waals surface area contributed by atoms with Crippen LogP contribution in [0.4, 0.5) is 0 Å². The Morgan fingerprint density at radius 2 is 2.00 bits per heavy atom. The smallest absolute Gasteiger partial charge is 0.345 e. The molecule has 3 rings (SSSR count). The highest BCUT2D eigenvalue weighted by molar-refractivity contribution is 9.10. The summed E-state index contributed by atoms with van der Waals surface area (Å²) >= 11 is 4.74. The number of carboxylic acids is 1. The van der Waals surface area contributed by atoms with Crippen molar-refractivity contribution in [3.63, 3.8) is 0 Å². The first-order chi connectivity index (χ1) is 11.0. The number of carbonyl (C=O) groups is 2. The van der Waals surface area contributed by atoms with Gasteiger partial charge in [-0.05, 0) is 27.6 Å². The van der Waals surface area contributed by atoms with Crippen LogP contribution in [0.25, 0.3) is 21.3 Å². The number of nitrogens with zero attached hydrogens (tertiary/aromatic N) is 1. The number of aromatic carboxylic acids is 1. The molecule has 0 radical (unpaired) electrons. The molecule has 1 N–H and O–H groups in total. The number of fused-ring (bicyclic) bond motifs is 1. The second kappa shape index (κ2) is 6.17. The van der Waals surface area contributed by atoms with E-state index in [9.17, 15) is 14.7 Å². The number of benzene rings is 1. The van der Waals surface area contributed by atoms with Crippen molar-refractivity contribution in [2.45, 2.75) is 6.54 Å².